The fourth-order valence-corrected chi connectivity index (χ4v) is 4.32. The number of carbonyl (C=O) groups is 2. The maximum atomic E-state index is 13.2. The lowest BCUT2D eigenvalue weighted by atomic mass is 9.94. The van der Waals surface area contributed by atoms with E-state index in [4.69, 9.17) is 0 Å². The molecule has 156 valence electrons. The number of benzene rings is 4. The van der Waals surface area contributed by atoms with Crippen LogP contribution in [-0.4, -0.2) is 16.8 Å². The fraction of sp³-hybridized carbons (Fsp3) is 0.0714. The highest BCUT2D eigenvalue weighted by Crippen LogP contribution is 2.42. The number of aryl methyl sites for hydroxylation is 1. The van der Waals surface area contributed by atoms with E-state index >= 15 is 0 Å². The summed E-state index contributed by atoms with van der Waals surface area (Å²) in [7, 11) is 0. The summed E-state index contributed by atoms with van der Waals surface area (Å²) in [6, 6.07) is 29.4. The molecule has 32 heavy (non-hydrogen) atoms. The van der Waals surface area contributed by atoms with Crippen molar-refractivity contribution < 1.29 is 14.7 Å². The molecule has 0 bridgehead atoms. The summed E-state index contributed by atoms with van der Waals surface area (Å²) in [5, 5.41) is 13.3. The summed E-state index contributed by atoms with van der Waals surface area (Å²) in [5.74, 6) is -1.50. The molecule has 1 saturated heterocycles. The molecule has 1 fully saturated rings. The van der Waals surface area contributed by atoms with Gasteiger partial charge in [0.25, 0.3) is 11.7 Å². The van der Waals surface area contributed by atoms with Crippen molar-refractivity contribution in [3.8, 4) is 0 Å². The minimum atomic E-state index is -0.718. The number of aliphatic hydroxyl groups is 1. The summed E-state index contributed by atoms with van der Waals surface area (Å²) in [6.07, 6.45) is 0. The van der Waals surface area contributed by atoms with Crippen LogP contribution in [0.3, 0.4) is 0 Å². The molecule has 4 aromatic rings. The number of hydrogen-bond donors (Lipinski definition) is 1. The van der Waals surface area contributed by atoms with Gasteiger partial charge in [-0.3, -0.25) is 14.5 Å². The Morgan fingerprint density at radius 1 is 0.781 bits per heavy atom. The monoisotopic (exact) mass is 419 g/mol. The normalized spacial score (nSPS) is 17.8. The van der Waals surface area contributed by atoms with Crippen molar-refractivity contribution in [2.24, 2.45) is 0 Å². The highest BCUT2D eigenvalue weighted by atomic mass is 16.3. The lowest BCUT2D eigenvalue weighted by Gasteiger charge is -2.25. The van der Waals surface area contributed by atoms with Gasteiger partial charge >= 0.3 is 0 Å². The highest BCUT2D eigenvalue weighted by molar-refractivity contribution is 6.51. The molecule has 1 unspecified atom stereocenters. The van der Waals surface area contributed by atoms with E-state index in [-0.39, 0.29) is 11.3 Å². The Morgan fingerprint density at radius 2 is 1.50 bits per heavy atom. The van der Waals surface area contributed by atoms with Gasteiger partial charge in [0.05, 0.1) is 11.6 Å². The average Bonchev–Trinajstić information content (AvgIpc) is 3.09. The number of ketones is 1. The van der Waals surface area contributed by atoms with Gasteiger partial charge in [-0.25, -0.2) is 0 Å². The predicted molar refractivity (Wildman–Crippen MR) is 126 cm³/mol. The number of Topliss-reactive ketones (excluding diaryl/α,β-unsaturated/α-hetero) is 1. The summed E-state index contributed by atoms with van der Waals surface area (Å²) in [5.41, 5.74) is 2.96. The van der Waals surface area contributed by atoms with Crippen LogP contribution in [0.4, 0.5) is 5.69 Å². The number of fused-ring (bicyclic) bond motifs is 1. The summed E-state index contributed by atoms with van der Waals surface area (Å²) in [6.45, 7) is 1.94. The maximum absolute atomic E-state index is 13.2. The molecule has 0 aliphatic carbocycles. The van der Waals surface area contributed by atoms with Crippen molar-refractivity contribution in [1.29, 1.82) is 0 Å². The molecule has 0 radical (unpaired) electrons. The van der Waals surface area contributed by atoms with E-state index in [1.807, 2.05) is 97.9 Å². The number of carbonyl (C=O) groups excluding carboxylic acids is 2. The number of amides is 1. The molecule has 5 rings (SSSR count). The largest absolute Gasteiger partial charge is 0.507 e. The topological polar surface area (TPSA) is 57.6 Å². The second kappa shape index (κ2) is 7.82. The minimum Gasteiger partial charge on any atom is -0.507 e. The van der Waals surface area contributed by atoms with Crippen LogP contribution in [0.2, 0.25) is 0 Å². The van der Waals surface area contributed by atoms with Gasteiger partial charge < -0.3 is 5.11 Å². The molecule has 4 heteroatoms. The molecule has 1 amide bonds. The third-order valence-electron chi connectivity index (χ3n) is 5.86. The molecular weight excluding hydrogens is 398 g/mol. The quantitative estimate of drug-likeness (QED) is 0.260. The molecular formula is C28H21NO3. The Labute approximate surface area is 186 Å². The van der Waals surface area contributed by atoms with E-state index < -0.39 is 17.7 Å². The third kappa shape index (κ3) is 3.26. The zero-order valence-corrected chi connectivity index (χ0v) is 17.5. The van der Waals surface area contributed by atoms with Gasteiger partial charge in [-0.15, -0.1) is 0 Å². The van der Waals surface area contributed by atoms with Gasteiger partial charge in [-0.1, -0.05) is 78.9 Å². The number of hydrogen-bond acceptors (Lipinski definition) is 3. The van der Waals surface area contributed by atoms with Crippen LogP contribution >= 0.6 is 0 Å². The smallest absolute Gasteiger partial charge is 0.300 e. The first-order valence-corrected chi connectivity index (χ1v) is 10.5. The predicted octanol–water partition coefficient (Wildman–Crippen LogP) is 5.77. The first-order chi connectivity index (χ1) is 15.5. The van der Waals surface area contributed by atoms with Crippen LogP contribution in [0.25, 0.3) is 16.5 Å². The van der Waals surface area contributed by atoms with Crippen molar-refractivity contribution in [2.75, 3.05) is 4.90 Å². The zero-order chi connectivity index (χ0) is 22.2. The molecule has 1 heterocycles. The molecule has 1 atom stereocenters. The highest BCUT2D eigenvalue weighted by Gasteiger charge is 2.46. The van der Waals surface area contributed by atoms with Crippen LogP contribution < -0.4 is 4.90 Å². The molecule has 1 aliphatic heterocycles. The van der Waals surface area contributed by atoms with Crippen molar-refractivity contribution in [1.82, 2.24) is 0 Å². The van der Waals surface area contributed by atoms with Gasteiger partial charge in [-0.05, 0) is 47.0 Å². The standard InChI is InChI=1S/C28H21NO3/c1-18-8-7-13-23(16-18)29-25(20-10-3-2-4-11-20)24(27(31)28(29)32)26(30)22-15-14-19-9-5-6-12-21(19)17-22/h2-17,25,30H,1H3/b26-24-. The first-order valence-electron chi connectivity index (χ1n) is 10.5. The molecule has 4 nitrogen and oxygen atoms in total. The van der Waals surface area contributed by atoms with E-state index in [0.29, 0.717) is 11.3 Å². The Balaban J connectivity index is 1.73. The van der Waals surface area contributed by atoms with Crippen LogP contribution in [0.1, 0.15) is 22.7 Å². The molecule has 4 aromatic carbocycles. The van der Waals surface area contributed by atoms with E-state index in [1.54, 1.807) is 6.07 Å². The second-order valence-corrected chi connectivity index (χ2v) is 7.98. The third-order valence-corrected chi connectivity index (χ3v) is 5.86. The number of nitrogens with zero attached hydrogens (tertiary/aromatic N) is 1. The molecule has 0 spiro atoms. The van der Waals surface area contributed by atoms with Crippen LogP contribution in [0.5, 0.6) is 0 Å². The molecule has 0 saturated carbocycles. The number of aliphatic hydroxyl groups excluding tert-OH is 1. The summed E-state index contributed by atoms with van der Waals surface area (Å²) >= 11 is 0. The van der Waals surface area contributed by atoms with Gasteiger partial charge in [-0.2, -0.15) is 0 Å². The zero-order valence-electron chi connectivity index (χ0n) is 17.5. The lowest BCUT2D eigenvalue weighted by molar-refractivity contribution is -0.132. The first kappa shape index (κ1) is 19.8. The fourth-order valence-electron chi connectivity index (χ4n) is 4.32. The Bertz CT molecular complexity index is 1390. The Morgan fingerprint density at radius 3 is 2.25 bits per heavy atom. The van der Waals surface area contributed by atoms with E-state index in [9.17, 15) is 14.7 Å². The van der Waals surface area contributed by atoms with Crippen LogP contribution in [-0.2, 0) is 9.59 Å². The number of rotatable bonds is 3. The SMILES string of the molecule is Cc1cccc(N2C(=O)C(=O)/C(=C(\O)c3ccc4ccccc4c3)C2c2ccccc2)c1. The summed E-state index contributed by atoms with van der Waals surface area (Å²) < 4.78 is 0. The van der Waals surface area contributed by atoms with Gasteiger partial charge in [0.2, 0.25) is 0 Å². The van der Waals surface area contributed by atoms with Crippen molar-refractivity contribution >= 4 is 33.9 Å². The van der Waals surface area contributed by atoms with E-state index in [1.165, 1.54) is 4.90 Å². The Hall–Kier alpha value is -4.18. The van der Waals surface area contributed by atoms with E-state index in [2.05, 4.69) is 0 Å². The minimum absolute atomic E-state index is 0.0954. The molecule has 0 aromatic heterocycles. The second-order valence-electron chi connectivity index (χ2n) is 7.98. The van der Waals surface area contributed by atoms with Gasteiger partial charge in [0.1, 0.15) is 5.76 Å². The van der Waals surface area contributed by atoms with E-state index in [0.717, 1.165) is 21.9 Å². The molecule has 1 N–H and O–H groups in total. The summed E-state index contributed by atoms with van der Waals surface area (Å²) in [4.78, 5) is 27.9. The van der Waals surface area contributed by atoms with Gasteiger partial charge in [0, 0.05) is 11.3 Å². The Kier molecular flexibility index (Phi) is 4.83. The van der Waals surface area contributed by atoms with Crippen LogP contribution in [0.15, 0.2) is 103 Å². The molecule has 1 aliphatic rings. The number of anilines is 1. The van der Waals surface area contributed by atoms with Crippen molar-refractivity contribution in [3.05, 3.63) is 119 Å². The average molecular weight is 419 g/mol. The van der Waals surface area contributed by atoms with Crippen molar-refractivity contribution in [3.63, 3.8) is 0 Å². The van der Waals surface area contributed by atoms with Crippen molar-refractivity contribution in [2.45, 2.75) is 13.0 Å². The maximum Gasteiger partial charge on any atom is 0.300 e. The lowest BCUT2D eigenvalue weighted by Crippen LogP contribution is -2.29. The van der Waals surface area contributed by atoms with Gasteiger partial charge in [0.15, 0.2) is 0 Å². The van der Waals surface area contributed by atoms with Crippen LogP contribution in [0, 0.1) is 6.92 Å².